The van der Waals surface area contributed by atoms with Crippen LogP contribution in [0.4, 0.5) is 4.39 Å². The van der Waals surface area contributed by atoms with Gasteiger partial charge >= 0.3 is 0 Å². The van der Waals surface area contributed by atoms with E-state index in [1.54, 1.807) is 0 Å². The van der Waals surface area contributed by atoms with Crippen LogP contribution in [-0.2, 0) is 0 Å². The van der Waals surface area contributed by atoms with Gasteiger partial charge in [0.05, 0.1) is 11.2 Å². The average Bonchev–Trinajstić information content (AvgIpc) is 2.12. The molecule has 0 aliphatic carbocycles. The molecule has 0 saturated heterocycles. The van der Waals surface area contributed by atoms with Gasteiger partial charge in [0.25, 0.3) is 0 Å². The Morgan fingerprint density at radius 1 is 1.67 bits per heavy atom. The molecule has 0 amide bonds. The number of nitrogens with one attached hydrogen (secondary N) is 1. The van der Waals surface area contributed by atoms with Crippen LogP contribution in [0.2, 0.25) is 5.02 Å². The molecule has 0 spiro atoms. The van der Waals surface area contributed by atoms with Gasteiger partial charge < -0.3 is 10.8 Å². The number of benzene rings is 1. The highest BCUT2D eigenvalue weighted by Crippen LogP contribution is 2.27. The van der Waals surface area contributed by atoms with Crippen LogP contribution < -0.4 is 11.2 Å². The number of phenolic OH excluding ortho intramolecular Hbond substituents is 1. The van der Waals surface area contributed by atoms with E-state index in [0.717, 1.165) is 18.3 Å². The molecule has 4 N–H and O–H groups in total. The zero-order valence-corrected chi connectivity index (χ0v) is 8.94. The Morgan fingerprint density at radius 3 is 2.93 bits per heavy atom. The molecule has 0 atom stereocenters. The van der Waals surface area contributed by atoms with Gasteiger partial charge in [-0.05, 0) is 24.4 Å². The number of thiocarbonyl (C=S) groups is 1. The molecule has 0 unspecified atom stereocenters. The summed E-state index contributed by atoms with van der Waals surface area (Å²) in [5.41, 5.74) is 7.49. The van der Waals surface area contributed by atoms with Crippen molar-refractivity contribution in [2.24, 2.45) is 10.8 Å². The summed E-state index contributed by atoms with van der Waals surface area (Å²) in [6.07, 6.45) is 1.16. The summed E-state index contributed by atoms with van der Waals surface area (Å²) in [5.74, 6) is -0.832. The fourth-order valence-electron chi connectivity index (χ4n) is 0.850. The molecule has 4 nitrogen and oxygen atoms in total. The second kappa shape index (κ2) is 4.90. The van der Waals surface area contributed by atoms with E-state index in [9.17, 15) is 9.50 Å². The highest BCUT2D eigenvalue weighted by molar-refractivity contribution is 7.80. The van der Waals surface area contributed by atoms with Crippen molar-refractivity contribution < 1.29 is 9.50 Å². The topological polar surface area (TPSA) is 70.6 Å². The van der Waals surface area contributed by atoms with Crippen LogP contribution in [0.3, 0.4) is 0 Å². The number of nitrogens with zero attached hydrogens (tertiary/aromatic N) is 1. The number of halogens is 2. The Kier molecular flexibility index (Phi) is 3.81. The Bertz CT molecular complexity index is 425. The van der Waals surface area contributed by atoms with E-state index < -0.39 is 5.82 Å². The van der Waals surface area contributed by atoms with E-state index in [0.29, 0.717) is 0 Å². The zero-order valence-electron chi connectivity index (χ0n) is 7.37. The molecule has 0 aliphatic heterocycles. The lowest BCUT2D eigenvalue weighted by molar-refractivity contribution is 0.472. The van der Waals surface area contributed by atoms with Crippen molar-refractivity contribution in [3.8, 4) is 5.75 Å². The fraction of sp³-hybridized carbons (Fsp3) is 0. The van der Waals surface area contributed by atoms with Crippen LogP contribution in [0, 0.1) is 5.82 Å². The summed E-state index contributed by atoms with van der Waals surface area (Å²) < 4.78 is 12.9. The number of aromatic hydroxyl groups is 1. The zero-order chi connectivity index (χ0) is 11.4. The minimum atomic E-state index is -0.574. The van der Waals surface area contributed by atoms with E-state index in [4.69, 9.17) is 17.3 Å². The quantitative estimate of drug-likeness (QED) is 0.419. The van der Waals surface area contributed by atoms with E-state index in [1.165, 1.54) is 0 Å². The van der Waals surface area contributed by atoms with Crippen molar-refractivity contribution in [1.82, 2.24) is 5.43 Å². The second-order valence-electron chi connectivity index (χ2n) is 2.56. The van der Waals surface area contributed by atoms with Crippen LogP contribution in [0.15, 0.2) is 17.2 Å². The monoisotopic (exact) mass is 247 g/mol. The van der Waals surface area contributed by atoms with E-state index in [1.807, 2.05) is 0 Å². The number of hydrogen-bond donors (Lipinski definition) is 3. The van der Waals surface area contributed by atoms with Crippen molar-refractivity contribution in [3.63, 3.8) is 0 Å². The van der Waals surface area contributed by atoms with Gasteiger partial charge in [-0.25, -0.2) is 4.39 Å². The Balaban J connectivity index is 2.94. The van der Waals surface area contributed by atoms with Gasteiger partial charge in [-0.15, -0.1) is 0 Å². The summed E-state index contributed by atoms with van der Waals surface area (Å²) in [6, 6.07) is 2.07. The largest absolute Gasteiger partial charge is 0.506 e. The molecule has 0 heterocycles. The first-order valence-corrected chi connectivity index (χ1v) is 4.56. The van der Waals surface area contributed by atoms with E-state index in [2.05, 4.69) is 22.7 Å². The molecule has 80 valence electrons. The number of hydrazone groups is 1. The van der Waals surface area contributed by atoms with Gasteiger partial charge in [0.2, 0.25) is 0 Å². The molecule has 15 heavy (non-hydrogen) atoms. The molecular weight excluding hydrogens is 241 g/mol. The van der Waals surface area contributed by atoms with Crippen molar-refractivity contribution in [2.75, 3.05) is 0 Å². The van der Waals surface area contributed by atoms with Crippen LogP contribution in [0.5, 0.6) is 5.75 Å². The third-order valence-corrected chi connectivity index (χ3v) is 1.82. The third-order valence-electron chi connectivity index (χ3n) is 1.44. The van der Waals surface area contributed by atoms with Crippen molar-refractivity contribution in [1.29, 1.82) is 0 Å². The normalized spacial score (nSPS) is 10.5. The first-order valence-electron chi connectivity index (χ1n) is 3.77. The number of nitrogens with two attached hydrogens (primary N) is 1. The standard InChI is InChI=1S/C8H7ClFN3OS/c9-6-2-5(10)1-4(7(6)14)3-12-13-8(11)15/h1-3,14H,(H3,11,13,15). The van der Waals surface area contributed by atoms with Crippen LogP contribution in [0.1, 0.15) is 5.56 Å². The maximum absolute atomic E-state index is 12.9. The molecule has 1 aromatic rings. The van der Waals surface area contributed by atoms with Gasteiger partial charge in [-0.2, -0.15) is 5.10 Å². The maximum Gasteiger partial charge on any atom is 0.184 e. The summed E-state index contributed by atoms with van der Waals surface area (Å²) in [6.45, 7) is 0. The van der Waals surface area contributed by atoms with Crippen molar-refractivity contribution in [3.05, 3.63) is 28.5 Å². The summed E-state index contributed by atoms with van der Waals surface area (Å²) >= 11 is 10.0. The third kappa shape index (κ3) is 3.34. The first-order chi connectivity index (χ1) is 7.00. The molecule has 1 rings (SSSR count). The van der Waals surface area contributed by atoms with Crippen molar-refractivity contribution in [2.45, 2.75) is 0 Å². The van der Waals surface area contributed by atoms with Crippen molar-refractivity contribution >= 4 is 35.1 Å². The van der Waals surface area contributed by atoms with Gasteiger partial charge in [0.1, 0.15) is 11.6 Å². The lowest BCUT2D eigenvalue weighted by atomic mass is 10.2. The maximum atomic E-state index is 12.9. The minimum Gasteiger partial charge on any atom is -0.506 e. The Morgan fingerprint density at radius 2 is 2.33 bits per heavy atom. The molecule has 0 radical (unpaired) electrons. The van der Waals surface area contributed by atoms with Crippen LogP contribution >= 0.6 is 23.8 Å². The Hall–Kier alpha value is -1.40. The van der Waals surface area contributed by atoms with Gasteiger partial charge in [-0.1, -0.05) is 11.6 Å². The predicted octanol–water partition coefficient (Wildman–Crippen LogP) is 1.35. The second-order valence-corrected chi connectivity index (χ2v) is 3.41. The predicted molar refractivity (Wildman–Crippen MR) is 60.6 cm³/mol. The smallest absolute Gasteiger partial charge is 0.184 e. The average molecular weight is 248 g/mol. The molecule has 0 saturated carbocycles. The molecule has 0 bridgehead atoms. The molecular formula is C8H7ClFN3OS. The van der Waals surface area contributed by atoms with E-state index >= 15 is 0 Å². The molecule has 0 fully saturated rings. The minimum absolute atomic E-state index is 0.0340. The number of rotatable bonds is 2. The Labute approximate surface area is 95.5 Å². The molecule has 0 aliphatic rings. The number of hydrogen-bond acceptors (Lipinski definition) is 3. The highest BCUT2D eigenvalue weighted by Gasteiger charge is 2.06. The van der Waals surface area contributed by atoms with Gasteiger partial charge in [0.15, 0.2) is 5.11 Å². The highest BCUT2D eigenvalue weighted by atomic mass is 35.5. The number of phenols is 1. The lowest BCUT2D eigenvalue weighted by Gasteiger charge is -2.01. The summed E-state index contributed by atoms with van der Waals surface area (Å²) in [7, 11) is 0. The van der Waals surface area contributed by atoms with Crippen LogP contribution in [0.25, 0.3) is 0 Å². The summed E-state index contributed by atoms with van der Waals surface area (Å²) in [5, 5.41) is 12.8. The van der Waals surface area contributed by atoms with Gasteiger partial charge in [0, 0.05) is 5.56 Å². The van der Waals surface area contributed by atoms with Crippen LogP contribution in [-0.4, -0.2) is 16.4 Å². The fourth-order valence-corrected chi connectivity index (χ4v) is 1.12. The molecule has 7 heteroatoms. The molecule has 1 aromatic carbocycles. The summed E-state index contributed by atoms with van der Waals surface area (Å²) in [4.78, 5) is 0. The molecule has 0 aromatic heterocycles. The lowest BCUT2D eigenvalue weighted by Crippen LogP contribution is -2.24. The van der Waals surface area contributed by atoms with E-state index in [-0.39, 0.29) is 21.4 Å². The van der Waals surface area contributed by atoms with Gasteiger partial charge in [-0.3, -0.25) is 5.43 Å². The first kappa shape index (κ1) is 11.7. The SMILES string of the molecule is NC(=S)NN=Cc1cc(F)cc(Cl)c1O.